The normalized spacial score (nSPS) is 28.5. The lowest BCUT2D eigenvalue weighted by molar-refractivity contribution is 0.0298. The minimum absolute atomic E-state index is 0.00176. The Bertz CT molecular complexity index is 215. The van der Waals surface area contributed by atoms with E-state index < -0.39 is 6.09 Å². The average molecular weight is 185 g/mol. The molecule has 1 amide bonds. The Morgan fingerprint density at radius 3 is 2.92 bits per heavy atom. The van der Waals surface area contributed by atoms with Crippen LogP contribution in [0.5, 0.6) is 0 Å². The maximum absolute atomic E-state index is 10.5. The molecule has 0 aromatic carbocycles. The molecule has 1 saturated carbocycles. The van der Waals surface area contributed by atoms with E-state index >= 15 is 0 Å². The second-order valence-corrected chi connectivity index (χ2v) is 3.22. The average Bonchev–Trinajstić information content (AvgIpc) is 2.07. The van der Waals surface area contributed by atoms with Crippen LogP contribution in [0.2, 0.25) is 0 Å². The number of methoxy groups -OCH3 is 1. The Balaban J connectivity index is 2.44. The zero-order valence-electron chi connectivity index (χ0n) is 7.79. The summed E-state index contributed by atoms with van der Waals surface area (Å²) in [5.74, 6) is 0. The molecule has 4 nitrogen and oxygen atoms in total. The first-order valence-electron chi connectivity index (χ1n) is 4.30. The van der Waals surface area contributed by atoms with Crippen molar-refractivity contribution >= 4 is 6.09 Å². The summed E-state index contributed by atoms with van der Waals surface area (Å²) in [6.07, 6.45) is 1.45. The molecule has 1 rings (SSSR count). The van der Waals surface area contributed by atoms with Crippen LogP contribution in [0.25, 0.3) is 0 Å². The molecule has 0 radical (unpaired) electrons. The zero-order chi connectivity index (χ0) is 9.84. The lowest BCUT2D eigenvalue weighted by Crippen LogP contribution is -2.32. The SMILES string of the molecule is C=C1CCC(OC(N)=O)CC1OC. The molecule has 0 bridgehead atoms. The predicted molar refractivity (Wildman–Crippen MR) is 48.2 cm³/mol. The summed E-state index contributed by atoms with van der Waals surface area (Å²) in [5.41, 5.74) is 5.98. The molecular formula is C9H15NO3. The maximum Gasteiger partial charge on any atom is 0.404 e. The minimum Gasteiger partial charge on any atom is -0.446 e. The number of primary amides is 1. The molecule has 0 aromatic heterocycles. The molecule has 2 N–H and O–H groups in total. The van der Waals surface area contributed by atoms with Crippen molar-refractivity contribution < 1.29 is 14.3 Å². The fraction of sp³-hybridized carbons (Fsp3) is 0.667. The number of nitrogens with two attached hydrogens (primary N) is 1. The highest BCUT2D eigenvalue weighted by atomic mass is 16.6. The largest absolute Gasteiger partial charge is 0.446 e. The third kappa shape index (κ3) is 2.73. The van der Waals surface area contributed by atoms with E-state index in [1.54, 1.807) is 7.11 Å². The number of carbonyl (C=O) groups excluding carboxylic acids is 1. The van der Waals surface area contributed by atoms with E-state index in [1.165, 1.54) is 0 Å². The van der Waals surface area contributed by atoms with Gasteiger partial charge in [-0.05, 0) is 18.4 Å². The summed E-state index contributed by atoms with van der Waals surface area (Å²) < 4.78 is 10.1. The Labute approximate surface area is 77.7 Å². The van der Waals surface area contributed by atoms with E-state index in [1.807, 2.05) is 0 Å². The number of amides is 1. The lowest BCUT2D eigenvalue weighted by Gasteiger charge is -2.29. The van der Waals surface area contributed by atoms with Crippen molar-refractivity contribution in [2.45, 2.75) is 31.5 Å². The van der Waals surface area contributed by atoms with Crippen molar-refractivity contribution in [1.29, 1.82) is 0 Å². The van der Waals surface area contributed by atoms with Gasteiger partial charge in [0.1, 0.15) is 6.10 Å². The van der Waals surface area contributed by atoms with Crippen LogP contribution >= 0.6 is 0 Å². The van der Waals surface area contributed by atoms with Gasteiger partial charge in [0.05, 0.1) is 6.10 Å². The smallest absolute Gasteiger partial charge is 0.404 e. The zero-order valence-corrected chi connectivity index (χ0v) is 7.79. The third-order valence-corrected chi connectivity index (χ3v) is 2.29. The molecule has 0 spiro atoms. The van der Waals surface area contributed by atoms with Gasteiger partial charge in [-0.1, -0.05) is 6.58 Å². The van der Waals surface area contributed by atoms with Gasteiger partial charge in [-0.15, -0.1) is 0 Å². The molecule has 2 unspecified atom stereocenters. The summed E-state index contributed by atoms with van der Waals surface area (Å²) >= 11 is 0. The van der Waals surface area contributed by atoms with Gasteiger partial charge in [-0.25, -0.2) is 4.79 Å². The summed E-state index contributed by atoms with van der Waals surface area (Å²) in [7, 11) is 1.63. The molecule has 1 aliphatic carbocycles. The molecule has 0 aliphatic heterocycles. The highest BCUT2D eigenvalue weighted by Gasteiger charge is 2.26. The molecule has 0 heterocycles. The molecule has 0 aromatic rings. The van der Waals surface area contributed by atoms with Crippen molar-refractivity contribution in [3.8, 4) is 0 Å². The first-order chi connectivity index (χ1) is 6.13. The number of carbonyl (C=O) groups is 1. The quantitative estimate of drug-likeness (QED) is 0.657. The Morgan fingerprint density at radius 1 is 1.69 bits per heavy atom. The van der Waals surface area contributed by atoms with Gasteiger partial charge < -0.3 is 15.2 Å². The maximum atomic E-state index is 10.5. The highest BCUT2D eigenvalue weighted by molar-refractivity contribution is 5.64. The number of hydrogen-bond acceptors (Lipinski definition) is 3. The standard InChI is InChI=1S/C9H15NO3/c1-6-3-4-7(13-9(10)11)5-8(6)12-2/h7-8H,1,3-5H2,2H3,(H2,10,11). The van der Waals surface area contributed by atoms with Crippen LogP contribution in [0.4, 0.5) is 4.79 Å². The predicted octanol–water partition coefficient (Wildman–Crippen LogP) is 1.21. The van der Waals surface area contributed by atoms with Crippen molar-refractivity contribution in [1.82, 2.24) is 0 Å². The van der Waals surface area contributed by atoms with Crippen molar-refractivity contribution in [2.24, 2.45) is 5.73 Å². The van der Waals surface area contributed by atoms with E-state index in [9.17, 15) is 4.79 Å². The van der Waals surface area contributed by atoms with Gasteiger partial charge in [-0.3, -0.25) is 0 Å². The van der Waals surface area contributed by atoms with E-state index in [4.69, 9.17) is 15.2 Å². The fourth-order valence-corrected chi connectivity index (χ4v) is 1.56. The van der Waals surface area contributed by atoms with Crippen LogP contribution in [0, 0.1) is 0 Å². The van der Waals surface area contributed by atoms with Crippen LogP contribution in [-0.4, -0.2) is 25.4 Å². The van der Waals surface area contributed by atoms with Crippen LogP contribution < -0.4 is 5.73 Å². The molecule has 1 fully saturated rings. The van der Waals surface area contributed by atoms with E-state index in [2.05, 4.69) is 6.58 Å². The fourth-order valence-electron chi connectivity index (χ4n) is 1.56. The molecule has 13 heavy (non-hydrogen) atoms. The van der Waals surface area contributed by atoms with Crippen molar-refractivity contribution in [2.75, 3.05) is 7.11 Å². The summed E-state index contributed by atoms with van der Waals surface area (Å²) in [4.78, 5) is 10.5. The van der Waals surface area contributed by atoms with E-state index in [0.717, 1.165) is 18.4 Å². The van der Waals surface area contributed by atoms with Crippen LogP contribution in [0.1, 0.15) is 19.3 Å². The van der Waals surface area contributed by atoms with Crippen molar-refractivity contribution in [3.63, 3.8) is 0 Å². The number of ether oxygens (including phenoxy) is 2. The van der Waals surface area contributed by atoms with Crippen LogP contribution in [-0.2, 0) is 9.47 Å². The van der Waals surface area contributed by atoms with Crippen LogP contribution in [0.3, 0.4) is 0 Å². The molecular weight excluding hydrogens is 170 g/mol. The van der Waals surface area contributed by atoms with Crippen LogP contribution in [0.15, 0.2) is 12.2 Å². The number of rotatable bonds is 2. The van der Waals surface area contributed by atoms with Gasteiger partial charge in [0.2, 0.25) is 0 Å². The second kappa shape index (κ2) is 4.28. The van der Waals surface area contributed by atoms with Gasteiger partial charge in [0.25, 0.3) is 0 Å². The Hall–Kier alpha value is -1.03. The number of hydrogen-bond donors (Lipinski definition) is 1. The summed E-state index contributed by atoms with van der Waals surface area (Å²) in [6, 6.07) is 0. The Morgan fingerprint density at radius 2 is 2.38 bits per heavy atom. The molecule has 74 valence electrons. The summed E-state index contributed by atoms with van der Waals surface area (Å²) in [5, 5.41) is 0. The second-order valence-electron chi connectivity index (χ2n) is 3.22. The molecule has 1 aliphatic rings. The minimum atomic E-state index is -0.715. The van der Waals surface area contributed by atoms with Gasteiger partial charge in [0.15, 0.2) is 0 Å². The highest BCUT2D eigenvalue weighted by Crippen LogP contribution is 2.26. The first kappa shape index (κ1) is 10.1. The molecule has 4 heteroatoms. The first-order valence-corrected chi connectivity index (χ1v) is 4.30. The van der Waals surface area contributed by atoms with Gasteiger partial charge >= 0.3 is 6.09 Å². The van der Waals surface area contributed by atoms with E-state index in [0.29, 0.717) is 6.42 Å². The van der Waals surface area contributed by atoms with Crippen molar-refractivity contribution in [3.05, 3.63) is 12.2 Å². The van der Waals surface area contributed by atoms with Gasteiger partial charge in [-0.2, -0.15) is 0 Å². The summed E-state index contributed by atoms with van der Waals surface area (Å²) in [6.45, 7) is 3.88. The molecule has 0 saturated heterocycles. The third-order valence-electron chi connectivity index (χ3n) is 2.29. The molecule has 2 atom stereocenters. The van der Waals surface area contributed by atoms with Gasteiger partial charge in [0, 0.05) is 13.5 Å². The topological polar surface area (TPSA) is 61.5 Å². The Kier molecular flexibility index (Phi) is 3.31. The monoisotopic (exact) mass is 185 g/mol. The van der Waals surface area contributed by atoms with E-state index in [-0.39, 0.29) is 12.2 Å². The lowest BCUT2D eigenvalue weighted by atomic mass is 9.91.